The Morgan fingerprint density at radius 1 is 1.24 bits per heavy atom. The number of rotatable bonds is 4. The first kappa shape index (κ1) is 14.9. The second-order valence-electron chi connectivity index (χ2n) is 4.11. The van der Waals surface area contributed by atoms with Crippen molar-refractivity contribution < 1.29 is 9.13 Å². The van der Waals surface area contributed by atoms with Crippen LogP contribution in [0.4, 0.5) is 10.1 Å². The van der Waals surface area contributed by atoms with Crippen molar-refractivity contribution in [3.8, 4) is 5.75 Å². The summed E-state index contributed by atoms with van der Waals surface area (Å²) in [7, 11) is 1.61. The third kappa shape index (κ3) is 4.85. The third-order valence-electron chi connectivity index (χ3n) is 2.58. The first-order valence-electron chi connectivity index (χ1n) is 6.17. The molecule has 0 aromatic heterocycles. The summed E-state index contributed by atoms with van der Waals surface area (Å²) in [5.41, 5.74) is 4.25. The molecule has 0 atom stereocenters. The second kappa shape index (κ2) is 7.35. The van der Waals surface area contributed by atoms with Crippen LogP contribution in [0.15, 0.2) is 53.6 Å². The SMILES string of the molecule is COc1cccc(/C=N\NC(=S)Nc2ccc(F)cc2)c1. The predicted octanol–water partition coefficient (Wildman–Crippen LogP) is 3.15. The lowest BCUT2D eigenvalue weighted by Gasteiger charge is -2.06. The average molecular weight is 303 g/mol. The maximum Gasteiger partial charge on any atom is 0.191 e. The van der Waals surface area contributed by atoms with Gasteiger partial charge in [0.15, 0.2) is 5.11 Å². The van der Waals surface area contributed by atoms with E-state index in [9.17, 15) is 4.39 Å². The molecule has 0 radical (unpaired) electrons. The predicted molar refractivity (Wildman–Crippen MR) is 86.3 cm³/mol. The summed E-state index contributed by atoms with van der Waals surface area (Å²) < 4.78 is 17.9. The van der Waals surface area contributed by atoms with Gasteiger partial charge in [0.05, 0.1) is 13.3 Å². The molecule has 2 N–H and O–H groups in total. The first-order chi connectivity index (χ1) is 10.2. The van der Waals surface area contributed by atoms with Crippen molar-refractivity contribution in [2.45, 2.75) is 0 Å². The van der Waals surface area contributed by atoms with Crippen molar-refractivity contribution in [3.05, 3.63) is 59.9 Å². The van der Waals surface area contributed by atoms with E-state index in [1.165, 1.54) is 12.1 Å². The summed E-state index contributed by atoms with van der Waals surface area (Å²) in [6.45, 7) is 0. The quantitative estimate of drug-likeness (QED) is 0.517. The number of hydrogen-bond acceptors (Lipinski definition) is 3. The van der Waals surface area contributed by atoms with Crippen molar-refractivity contribution in [1.29, 1.82) is 0 Å². The largest absolute Gasteiger partial charge is 0.497 e. The average Bonchev–Trinajstić information content (AvgIpc) is 2.50. The van der Waals surface area contributed by atoms with E-state index in [-0.39, 0.29) is 5.82 Å². The number of hydrazone groups is 1. The molecule has 0 saturated heterocycles. The van der Waals surface area contributed by atoms with Crippen molar-refractivity contribution in [3.63, 3.8) is 0 Å². The number of ether oxygens (including phenoxy) is 1. The number of methoxy groups -OCH3 is 1. The first-order valence-corrected chi connectivity index (χ1v) is 6.58. The van der Waals surface area contributed by atoms with Gasteiger partial charge in [-0.1, -0.05) is 12.1 Å². The Balaban J connectivity index is 1.88. The van der Waals surface area contributed by atoms with E-state index in [1.807, 2.05) is 24.3 Å². The molecule has 0 bridgehead atoms. The second-order valence-corrected chi connectivity index (χ2v) is 4.52. The highest BCUT2D eigenvalue weighted by Gasteiger charge is 1.97. The van der Waals surface area contributed by atoms with Crippen molar-refractivity contribution in [1.82, 2.24) is 5.43 Å². The zero-order valence-electron chi connectivity index (χ0n) is 11.3. The Kier molecular flexibility index (Phi) is 5.22. The van der Waals surface area contributed by atoms with E-state index in [0.29, 0.717) is 10.8 Å². The smallest absolute Gasteiger partial charge is 0.191 e. The molecule has 0 fully saturated rings. The highest BCUT2D eigenvalue weighted by Crippen LogP contribution is 2.10. The Hall–Kier alpha value is -2.47. The standard InChI is InChI=1S/C15H14FN3OS/c1-20-14-4-2-3-11(9-14)10-17-19-15(21)18-13-7-5-12(16)6-8-13/h2-10H,1H3,(H2,18,19,21)/b17-10-. The minimum Gasteiger partial charge on any atom is -0.497 e. The van der Waals surface area contributed by atoms with Crippen LogP contribution in [0.25, 0.3) is 0 Å². The molecule has 0 heterocycles. The number of nitrogens with zero attached hydrogens (tertiary/aromatic N) is 1. The summed E-state index contributed by atoms with van der Waals surface area (Å²) in [6.07, 6.45) is 1.63. The van der Waals surface area contributed by atoms with Crippen LogP contribution in [-0.4, -0.2) is 18.4 Å². The number of halogens is 1. The zero-order chi connectivity index (χ0) is 15.1. The molecule has 0 aliphatic rings. The molecule has 0 spiro atoms. The van der Waals surface area contributed by atoms with Gasteiger partial charge in [0.2, 0.25) is 0 Å². The lowest BCUT2D eigenvalue weighted by atomic mass is 10.2. The maximum absolute atomic E-state index is 12.8. The Morgan fingerprint density at radius 2 is 2.00 bits per heavy atom. The fourth-order valence-electron chi connectivity index (χ4n) is 1.58. The molecule has 0 unspecified atom stereocenters. The molecule has 0 amide bonds. The summed E-state index contributed by atoms with van der Waals surface area (Å²) in [4.78, 5) is 0. The highest BCUT2D eigenvalue weighted by molar-refractivity contribution is 7.80. The lowest BCUT2D eigenvalue weighted by molar-refractivity contribution is 0.415. The topological polar surface area (TPSA) is 45.6 Å². The summed E-state index contributed by atoms with van der Waals surface area (Å²) in [6, 6.07) is 13.4. The Labute approximate surface area is 127 Å². The molecular weight excluding hydrogens is 289 g/mol. The van der Waals surface area contributed by atoms with Gasteiger partial charge in [-0.05, 0) is 54.2 Å². The van der Waals surface area contributed by atoms with Gasteiger partial charge in [0.25, 0.3) is 0 Å². The summed E-state index contributed by atoms with van der Waals surface area (Å²) in [5.74, 6) is 0.460. The Bertz CT molecular complexity index is 644. The van der Waals surface area contributed by atoms with E-state index in [0.717, 1.165) is 11.3 Å². The lowest BCUT2D eigenvalue weighted by Crippen LogP contribution is -2.23. The molecule has 2 aromatic carbocycles. The van der Waals surface area contributed by atoms with Crippen LogP contribution in [-0.2, 0) is 0 Å². The van der Waals surface area contributed by atoms with Crippen LogP contribution >= 0.6 is 12.2 Å². The molecule has 4 nitrogen and oxygen atoms in total. The molecule has 6 heteroatoms. The van der Waals surface area contributed by atoms with Crippen LogP contribution in [0, 0.1) is 5.82 Å². The van der Waals surface area contributed by atoms with Gasteiger partial charge in [0, 0.05) is 5.69 Å². The summed E-state index contributed by atoms with van der Waals surface area (Å²) >= 11 is 5.08. The molecule has 0 aliphatic heterocycles. The van der Waals surface area contributed by atoms with E-state index >= 15 is 0 Å². The highest BCUT2D eigenvalue weighted by atomic mass is 32.1. The van der Waals surface area contributed by atoms with Crippen molar-refractivity contribution in [2.75, 3.05) is 12.4 Å². The number of nitrogens with one attached hydrogen (secondary N) is 2. The fraction of sp³-hybridized carbons (Fsp3) is 0.0667. The minimum absolute atomic E-state index is 0.296. The van der Waals surface area contributed by atoms with E-state index < -0.39 is 0 Å². The molecule has 2 rings (SSSR count). The van der Waals surface area contributed by atoms with Crippen molar-refractivity contribution in [2.24, 2.45) is 5.10 Å². The van der Waals surface area contributed by atoms with Crippen molar-refractivity contribution >= 4 is 29.2 Å². The molecule has 0 saturated carbocycles. The molecule has 2 aromatic rings. The molecule has 108 valence electrons. The van der Waals surface area contributed by atoms with Crippen LogP contribution in [0.3, 0.4) is 0 Å². The fourth-order valence-corrected chi connectivity index (χ4v) is 1.75. The number of hydrogen-bond donors (Lipinski definition) is 2. The van der Waals surface area contributed by atoms with Crippen LogP contribution < -0.4 is 15.5 Å². The normalized spacial score (nSPS) is 10.4. The van der Waals surface area contributed by atoms with Crippen LogP contribution in [0.5, 0.6) is 5.75 Å². The minimum atomic E-state index is -0.296. The number of benzene rings is 2. The van der Waals surface area contributed by atoms with E-state index in [2.05, 4.69) is 15.8 Å². The maximum atomic E-state index is 12.8. The summed E-state index contributed by atoms with van der Waals surface area (Å²) in [5, 5.41) is 7.24. The van der Waals surface area contributed by atoms with Gasteiger partial charge in [-0.15, -0.1) is 0 Å². The van der Waals surface area contributed by atoms with Gasteiger partial charge in [-0.25, -0.2) is 4.39 Å². The molecule has 21 heavy (non-hydrogen) atoms. The van der Waals surface area contributed by atoms with E-state index in [1.54, 1.807) is 25.5 Å². The molecule has 0 aliphatic carbocycles. The van der Waals surface area contributed by atoms with Gasteiger partial charge in [0.1, 0.15) is 11.6 Å². The van der Waals surface area contributed by atoms with Gasteiger partial charge >= 0.3 is 0 Å². The van der Waals surface area contributed by atoms with Gasteiger partial charge in [-0.2, -0.15) is 5.10 Å². The third-order valence-corrected chi connectivity index (χ3v) is 2.77. The van der Waals surface area contributed by atoms with Crippen LogP contribution in [0.2, 0.25) is 0 Å². The van der Waals surface area contributed by atoms with E-state index in [4.69, 9.17) is 17.0 Å². The Morgan fingerprint density at radius 3 is 2.71 bits per heavy atom. The van der Waals surface area contributed by atoms with Gasteiger partial charge < -0.3 is 10.1 Å². The monoisotopic (exact) mass is 303 g/mol. The number of anilines is 1. The van der Waals surface area contributed by atoms with Crippen LogP contribution in [0.1, 0.15) is 5.56 Å². The van der Waals surface area contributed by atoms with Gasteiger partial charge in [-0.3, -0.25) is 5.43 Å². The zero-order valence-corrected chi connectivity index (χ0v) is 12.2. The molecular formula is C15H14FN3OS. The number of thiocarbonyl (C=S) groups is 1.